The highest BCUT2D eigenvalue weighted by molar-refractivity contribution is 5.51. The molecule has 1 fully saturated rings. The minimum absolute atomic E-state index is 0.397. The third-order valence-electron chi connectivity index (χ3n) is 5.16. The maximum absolute atomic E-state index is 4.72. The van der Waals surface area contributed by atoms with E-state index in [-0.39, 0.29) is 0 Å². The van der Waals surface area contributed by atoms with E-state index in [0.29, 0.717) is 12.0 Å². The maximum atomic E-state index is 4.72. The molecule has 0 amide bonds. The zero-order chi connectivity index (χ0) is 17.4. The fourth-order valence-corrected chi connectivity index (χ4v) is 3.89. The third kappa shape index (κ3) is 2.95. The Labute approximate surface area is 147 Å². The van der Waals surface area contributed by atoms with Gasteiger partial charge in [0.2, 0.25) is 0 Å². The van der Waals surface area contributed by atoms with Gasteiger partial charge in [0.15, 0.2) is 5.65 Å². The number of aryl methyl sites for hydroxylation is 1. The van der Waals surface area contributed by atoms with Crippen molar-refractivity contribution in [3.8, 4) is 0 Å². The highest BCUT2D eigenvalue weighted by Gasteiger charge is 2.34. The van der Waals surface area contributed by atoms with Crippen molar-refractivity contribution in [1.29, 1.82) is 0 Å². The van der Waals surface area contributed by atoms with Crippen molar-refractivity contribution >= 4 is 11.5 Å². The number of nitrogens with zero attached hydrogens (tertiary/aromatic N) is 7. The standard InChI is InChI=1S/C18H23N7/c1-13-21-16(9-17-22-20-12-25(13)17)24(3)11-15-6-8-23(2)18(15)14-5-4-7-19-10-14/h4-5,7,9-10,12,15,18H,6,8,11H2,1-3H3/t15-,18-/m0/s1. The molecular formula is C18H23N7. The predicted octanol–water partition coefficient (Wildman–Crippen LogP) is 1.96. The molecule has 25 heavy (non-hydrogen) atoms. The smallest absolute Gasteiger partial charge is 0.165 e. The molecule has 0 bridgehead atoms. The van der Waals surface area contributed by atoms with Crippen LogP contribution in [-0.4, -0.2) is 56.7 Å². The molecule has 130 valence electrons. The topological polar surface area (TPSA) is 62.5 Å². The van der Waals surface area contributed by atoms with E-state index < -0.39 is 0 Å². The van der Waals surface area contributed by atoms with Gasteiger partial charge in [0.25, 0.3) is 0 Å². The van der Waals surface area contributed by atoms with Crippen LogP contribution in [0.25, 0.3) is 5.65 Å². The van der Waals surface area contributed by atoms with Crippen molar-refractivity contribution in [3.63, 3.8) is 0 Å². The van der Waals surface area contributed by atoms with E-state index in [1.807, 2.05) is 35.9 Å². The van der Waals surface area contributed by atoms with Crippen LogP contribution in [0.4, 0.5) is 5.82 Å². The van der Waals surface area contributed by atoms with Gasteiger partial charge in [0, 0.05) is 38.1 Å². The molecule has 0 unspecified atom stereocenters. The van der Waals surface area contributed by atoms with Crippen LogP contribution in [0, 0.1) is 12.8 Å². The molecule has 0 radical (unpaired) electrons. The quantitative estimate of drug-likeness (QED) is 0.725. The Morgan fingerprint density at radius 3 is 3.04 bits per heavy atom. The van der Waals surface area contributed by atoms with E-state index in [1.54, 1.807) is 6.33 Å². The molecule has 0 aliphatic carbocycles. The first-order valence-electron chi connectivity index (χ1n) is 8.62. The summed E-state index contributed by atoms with van der Waals surface area (Å²) in [5.74, 6) is 2.38. The second-order valence-electron chi connectivity index (χ2n) is 6.86. The lowest BCUT2D eigenvalue weighted by Crippen LogP contribution is -2.30. The molecule has 1 aliphatic heterocycles. The van der Waals surface area contributed by atoms with Crippen LogP contribution in [0.1, 0.15) is 23.9 Å². The van der Waals surface area contributed by atoms with E-state index in [2.05, 4.69) is 45.1 Å². The molecule has 1 saturated heterocycles. The number of aromatic nitrogens is 5. The molecule has 7 nitrogen and oxygen atoms in total. The molecule has 2 atom stereocenters. The molecule has 0 saturated carbocycles. The Balaban J connectivity index is 1.57. The van der Waals surface area contributed by atoms with E-state index >= 15 is 0 Å². The summed E-state index contributed by atoms with van der Waals surface area (Å²) < 4.78 is 1.90. The van der Waals surface area contributed by atoms with Crippen LogP contribution >= 0.6 is 0 Å². The van der Waals surface area contributed by atoms with Gasteiger partial charge in [-0.1, -0.05) is 6.07 Å². The van der Waals surface area contributed by atoms with Crippen molar-refractivity contribution in [2.45, 2.75) is 19.4 Å². The summed E-state index contributed by atoms with van der Waals surface area (Å²) in [4.78, 5) is 13.7. The number of likely N-dealkylation sites (tertiary alicyclic amines) is 1. The van der Waals surface area contributed by atoms with Crippen molar-refractivity contribution in [1.82, 2.24) is 29.5 Å². The first-order valence-corrected chi connectivity index (χ1v) is 8.62. The second kappa shape index (κ2) is 6.40. The van der Waals surface area contributed by atoms with Crippen LogP contribution < -0.4 is 4.90 Å². The van der Waals surface area contributed by atoms with Crippen molar-refractivity contribution in [2.75, 3.05) is 32.1 Å². The maximum Gasteiger partial charge on any atom is 0.165 e. The molecule has 4 heterocycles. The summed E-state index contributed by atoms with van der Waals surface area (Å²) in [7, 11) is 4.30. The highest BCUT2D eigenvalue weighted by atomic mass is 15.3. The molecule has 0 aromatic carbocycles. The van der Waals surface area contributed by atoms with Gasteiger partial charge in [-0.05, 0) is 44.5 Å². The van der Waals surface area contributed by atoms with Crippen molar-refractivity contribution < 1.29 is 0 Å². The van der Waals surface area contributed by atoms with Crippen molar-refractivity contribution in [3.05, 3.63) is 48.3 Å². The number of fused-ring (bicyclic) bond motifs is 1. The van der Waals surface area contributed by atoms with Crippen LogP contribution in [0.15, 0.2) is 36.9 Å². The van der Waals surface area contributed by atoms with E-state index in [4.69, 9.17) is 4.98 Å². The monoisotopic (exact) mass is 337 g/mol. The fraction of sp³-hybridized carbons (Fsp3) is 0.444. The first kappa shape index (κ1) is 16.0. The Kier molecular flexibility index (Phi) is 4.09. The average Bonchev–Trinajstić information content (AvgIpc) is 3.22. The lowest BCUT2D eigenvalue weighted by atomic mass is 9.94. The summed E-state index contributed by atoms with van der Waals surface area (Å²) in [5, 5.41) is 8.13. The minimum atomic E-state index is 0.397. The SMILES string of the molecule is Cc1nc(N(C)C[C@@H]2CCN(C)[C@H]2c2cccnc2)cc2nncn12. The molecule has 3 aromatic rings. The molecule has 0 spiro atoms. The van der Waals surface area contributed by atoms with Gasteiger partial charge in [0.1, 0.15) is 18.0 Å². The summed E-state index contributed by atoms with van der Waals surface area (Å²) >= 11 is 0. The predicted molar refractivity (Wildman–Crippen MR) is 96.5 cm³/mol. The summed E-state index contributed by atoms with van der Waals surface area (Å²) in [6, 6.07) is 6.59. The zero-order valence-electron chi connectivity index (χ0n) is 14.9. The van der Waals surface area contributed by atoms with E-state index in [9.17, 15) is 0 Å². The van der Waals surface area contributed by atoms with E-state index in [0.717, 1.165) is 30.4 Å². The first-order chi connectivity index (χ1) is 12.1. The number of anilines is 1. The Hall–Kier alpha value is -2.54. The summed E-state index contributed by atoms with van der Waals surface area (Å²) in [6.07, 6.45) is 6.70. The molecule has 7 heteroatoms. The van der Waals surface area contributed by atoms with Gasteiger partial charge in [-0.2, -0.15) is 0 Å². The van der Waals surface area contributed by atoms with Crippen LogP contribution in [0.3, 0.4) is 0 Å². The molecule has 1 aliphatic rings. The summed E-state index contributed by atoms with van der Waals surface area (Å²) in [5.41, 5.74) is 2.12. The number of rotatable bonds is 4. The number of hydrogen-bond acceptors (Lipinski definition) is 6. The summed E-state index contributed by atoms with van der Waals surface area (Å²) in [6.45, 7) is 4.03. The van der Waals surface area contributed by atoms with Gasteiger partial charge < -0.3 is 4.90 Å². The van der Waals surface area contributed by atoms with Crippen molar-refractivity contribution in [2.24, 2.45) is 5.92 Å². The van der Waals surface area contributed by atoms with Gasteiger partial charge in [-0.25, -0.2) is 4.98 Å². The average molecular weight is 337 g/mol. The fourth-order valence-electron chi connectivity index (χ4n) is 3.89. The normalized spacial score (nSPS) is 21.1. The van der Waals surface area contributed by atoms with Gasteiger partial charge in [0.05, 0.1) is 0 Å². The molecular weight excluding hydrogens is 314 g/mol. The van der Waals surface area contributed by atoms with E-state index in [1.165, 1.54) is 12.0 Å². The third-order valence-corrected chi connectivity index (χ3v) is 5.16. The largest absolute Gasteiger partial charge is 0.359 e. The lowest BCUT2D eigenvalue weighted by Gasteiger charge is -2.29. The second-order valence-corrected chi connectivity index (χ2v) is 6.86. The molecule has 3 aromatic heterocycles. The Morgan fingerprint density at radius 1 is 1.36 bits per heavy atom. The van der Waals surface area contributed by atoms with Gasteiger partial charge in [-0.3, -0.25) is 14.3 Å². The van der Waals surface area contributed by atoms with Gasteiger partial charge in [-0.15, -0.1) is 10.2 Å². The number of pyridine rings is 1. The minimum Gasteiger partial charge on any atom is -0.359 e. The molecule has 0 N–H and O–H groups in total. The number of hydrogen-bond donors (Lipinski definition) is 0. The Morgan fingerprint density at radius 2 is 2.24 bits per heavy atom. The zero-order valence-corrected chi connectivity index (χ0v) is 14.9. The lowest BCUT2D eigenvalue weighted by molar-refractivity contribution is 0.278. The Bertz CT molecular complexity index is 860. The van der Waals surface area contributed by atoms with Crippen LogP contribution in [0.5, 0.6) is 0 Å². The van der Waals surface area contributed by atoms with Crippen LogP contribution in [-0.2, 0) is 0 Å². The molecule has 4 rings (SSSR count). The van der Waals surface area contributed by atoms with Gasteiger partial charge >= 0.3 is 0 Å². The highest BCUT2D eigenvalue weighted by Crippen LogP contribution is 2.36. The van der Waals surface area contributed by atoms with Crippen LogP contribution in [0.2, 0.25) is 0 Å².